The molecule has 0 atom stereocenters. The predicted octanol–water partition coefficient (Wildman–Crippen LogP) is 2.54. The first-order valence-electron chi connectivity index (χ1n) is 4.68. The Morgan fingerprint density at radius 2 is 1.92 bits per heavy atom. The van der Waals surface area contributed by atoms with Gasteiger partial charge in [-0.2, -0.15) is 0 Å². The maximum absolute atomic E-state index is 4.04. The molecule has 1 rings (SSSR count). The Morgan fingerprint density at radius 3 is 2.62 bits per heavy atom. The molecule has 0 N–H and O–H groups in total. The second kappa shape index (κ2) is 6.83. The van der Waals surface area contributed by atoms with E-state index in [2.05, 4.69) is 21.9 Å². The molecule has 0 fully saturated rings. The summed E-state index contributed by atoms with van der Waals surface area (Å²) in [5, 5.41) is 0.839. The molecule has 0 saturated carbocycles. The van der Waals surface area contributed by atoms with Gasteiger partial charge < -0.3 is 0 Å². The smallest absolute Gasteiger partial charge is 0.190 e. The highest BCUT2D eigenvalue weighted by Crippen LogP contribution is 2.13. The van der Waals surface area contributed by atoms with Crippen LogP contribution in [-0.2, 0) is 0 Å². The predicted molar refractivity (Wildman–Crippen MR) is 54.7 cm³/mol. The van der Waals surface area contributed by atoms with Crippen LogP contribution in [0.3, 0.4) is 0 Å². The fourth-order valence-electron chi connectivity index (χ4n) is 0.995. The molecule has 0 amide bonds. The summed E-state index contributed by atoms with van der Waals surface area (Å²) in [5.74, 6) is 1.12. The largest absolute Gasteiger partial charge is 0.225 e. The van der Waals surface area contributed by atoms with Crippen LogP contribution in [0.1, 0.15) is 32.6 Å². The van der Waals surface area contributed by atoms with Crippen molar-refractivity contribution < 1.29 is 0 Å². The van der Waals surface area contributed by atoms with Gasteiger partial charge in [0.05, 0.1) is 0 Å². The van der Waals surface area contributed by atoms with Crippen LogP contribution in [0, 0.1) is 0 Å². The molecule has 0 aliphatic carbocycles. The van der Waals surface area contributed by atoms with Gasteiger partial charge in [0.2, 0.25) is 0 Å². The van der Waals surface area contributed by atoms with Gasteiger partial charge >= 0.3 is 0 Å². The fraction of sp³-hybridized carbons (Fsp3) is 0.667. The first kappa shape index (κ1) is 10.4. The molecule has 0 radical (unpaired) electrons. The average Bonchev–Trinajstić information content (AvgIpc) is 2.19. The van der Waals surface area contributed by atoms with E-state index in [9.17, 15) is 0 Å². The summed E-state index contributed by atoms with van der Waals surface area (Å²) >= 11 is 1.71. The molecule has 1 aromatic rings. The zero-order valence-electron chi connectivity index (χ0n) is 7.94. The molecular weight excluding hydrogens is 182 g/mol. The van der Waals surface area contributed by atoms with Crippen LogP contribution in [-0.4, -0.2) is 20.7 Å². The molecule has 3 nitrogen and oxygen atoms in total. The van der Waals surface area contributed by atoms with Crippen LogP contribution in [0.2, 0.25) is 0 Å². The van der Waals surface area contributed by atoms with Gasteiger partial charge in [0, 0.05) is 5.75 Å². The molecule has 1 aromatic heterocycles. The van der Waals surface area contributed by atoms with Gasteiger partial charge in [-0.3, -0.25) is 0 Å². The van der Waals surface area contributed by atoms with Crippen molar-refractivity contribution in [2.24, 2.45) is 0 Å². The molecule has 4 heteroatoms. The highest BCUT2D eigenvalue weighted by molar-refractivity contribution is 7.99. The number of hydrogen-bond acceptors (Lipinski definition) is 4. The lowest BCUT2D eigenvalue weighted by atomic mass is 10.2. The van der Waals surface area contributed by atoms with E-state index in [1.165, 1.54) is 25.7 Å². The second-order valence-electron chi connectivity index (χ2n) is 2.83. The molecule has 72 valence electrons. The van der Waals surface area contributed by atoms with E-state index in [0.717, 1.165) is 10.9 Å². The number of thioether (sulfide) groups is 1. The van der Waals surface area contributed by atoms with Crippen molar-refractivity contribution in [2.45, 2.75) is 37.8 Å². The van der Waals surface area contributed by atoms with Crippen molar-refractivity contribution in [1.82, 2.24) is 15.0 Å². The topological polar surface area (TPSA) is 38.7 Å². The van der Waals surface area contributed by atoms with Crippen molar-refractivity contribution in [1.29, 1.82) is 0 Å². The van der Waals surface area contributed by atoms with Gasteiger partial charge in [0.15, 0.2) is 5.16 Å². The summed E-state index contributed by atoms with van der Waals surface area (Å²) in [7, 11) is 0. The summed E-state index contributed by atoms with van der Waals surface area (Å²) in [4.78, 5) is 11.8. The SMILES string of the molecule is CCCCCCSc1ncncn1. The van der Waals surface area contributed by atoms with E-state index in [1.54, 1.807) is 24.4 Å². The minimum Gasteiger partial charge on any atom is -0.225 e. The minimum absolute atomic E-state index is 0.839. The van der Waals surface area contributed by atoms with E-state index >= 15 is 0 Å². The molecule has 0 spiro atoms. The van der Waals surface area contributed by atoms with E-state index in [-0.39, 0.29) is 0 Å². The third-order valence-corrected chi connectivity index (χ3v) is 2.66. The normalized spacial score (nSPS) is 10.2. The van der Waals surface area contributed by atoms with Gasteiger partial charge in [-0.25, -0.2) is 15.0 Å². The molecule has 0 aliphatic heterocycles. The first-order chi connectivity index (χ1) is 6.43. The summed E-state index contributed by atoms with van der Waals surface area (Å²) in [5.41, 5.74) is 0. The van der Waals surface area contributed by atoms with Crippen molar-refractivity contribution in [3.8, 4) is 0 Å². The number of unbranched alkanes of at least 4 members (excludes halogenated alkanes) is 3. The average molecular weight is 197 g/mol. The van der Waals surface area contributed by atoms with Crippen LogP contribution >= 0.6 is 11.8 Å². The lowest BCUT2D eigenvalue weighted by molar-refractivity contribution is 0.706. The second-order valence-corrected chi connectivity index (χ2v) is 3.89. The van der Waals surface area contributed by atoms with Crippen molar-refractivity contribution >= 4 is 11.8 Å². The number of hydrogen-bond donors (Lipinski definition) is 0. The Hall–Kier alpha value is -0.640. The Balaban J connectivity index is 2.07. The number of nitrogens with zero attached hydrogens (tertiary/aromatic N) is 3. The summed E-state index contributed by atoms with van der Waals surface area (Å²) in [6.45, 7) is 2.22. The summed E-state index contributed by atoms with van der Waals surface area (Å²) < 4.78 is 0. The third kappa shape index (κ3) is 4.83. The molecule has 0 saturated heterocycles. The highest BCUT2D eigenvalue weighted by atomic mass is 32.2. The lowest BCUT2D eigenvalue weighted by Gasteiger charge is -1.98. The van der Waals surface area contributed by atoms with Crippen molar-refractivity contribution in [3.05, 3.63) is 12.7 Å². The first-order valence-corrected chi connectivity index (χ1v) is 5.67. The van der Waals surface area contributed by atoms with Gasteiger partial charge in [0.1, 0.15) is 12.7 Å². The highest BCUT2D eigenvalue weighted by Gasteiger charge is 1.94. The Bertz CT molecular complexity index is 215. The summed E-state index contributed by atoms with van der Waals surface area (Å²) in [6.07, 6.45) is 8.27. The molecular formula is C9H15N3S. The summed E-state index contributed by atoms with van der Waals surface area (Å²) in [6, 6.07) is 0. The van der Waals surface area contributed by atoms with Gasteiger partial charge in [-0.1, -0.05) is 37.9 Å². The van der Waals surface area contributed by atoms with Gasteiger partial charge in [-0.05, 0) is 6.42 Å². The molecule has 1 heterocycles. The Labute approximate surface area is 83.4 Å². The van der Waals surface area contributed by atoms with Crippen LogP contribution in [0.5, 0.6) is 0 Å². The van der Waals surface area contributed by atoms with Gasteiger partial charge in [-0.15, -0.1) is 0 Å². The van der Waals surface area contributed by atoms with Gasteiger partial charge in [0.25, 0.3) is 0 Å². The zero-order chi connectivity index (χ0) is 9.36. The van der Waals surface area contributed by atoms with E-state index in [4.69, 9.17) is 0 Å². The van der Waals surface area contributed by atoms with E-state index in [1.807, 2.05) is 0 Å². The molecule has 13 heavy (non-hydrogen) atoms. The number of rotatable bonds is 6. The minimum atomic E-state index is 0.839. The monoisotopic (exact) mass is 197 g/mol. The number of aromatic nitrogens is 3. The van der Waals surface area contributed by atoms with Crippen LogP contribution in [0.15, 0.2) is 17.8 Å². The third-order valence-electron chi connectivity index (χ3n) is 1.70. The van der Waals surface area contributed by atoms with Crippen LogP contribution in [0.25, 0.3) is 0 Å². The van der Waals surface area contributed by atoms with Crippen molar-refractivity contribution in [3.63, 3.8) is 0 Å². The molecule has 0 unspecified atom stereocenters. The quantitative estimate of drug-likeness (QED) is 0.519. The standard InChI is InChI=1S/C9H15N3S/c1-2-3-4-5-6-13-9-11-7-10-8-12-9/h7-8H,2-6H2,1H3. The van der Waals surface area contributed by atoms with E-state index < -0.39 is 0 Å². The molecule has 0 bridgehead atoms. The van der Waals surface area contributed by atoms with Crippen LogP contribution in [0.4, 0.5) is 0 Å². The van der Waals surface area contributed by atoms with Crippen LogP contribution < -0.4 is 0 Å². The van der Waals surface area contributed by atoms with Crippen molar-refractivity contribution in [2.75, 3.05) is 5.75 Å². The maximum atomic E-state index is 4.04. The Kier molecular flexibility index (Phi) is 5.49. The zero-order valence-corrected chi connectivity index (χ0v) is 8.76. The molecule has 0 aliphatic rings. The lowest BCUT2D eigenvalue weighted by Crippen LogP contribution is -1.88. The fourth-order valence-corrected chi connectivity index (χ4v) is 1.77. The maximum Gasteiger partial charge on any atom is 0.190 e. The Morgan fingerprint density at radius 1 is 1.15 bits per heavy atom. The van der Waals surface area contributed by atoms with E-state index in [0.29, 0.717) is 0 Å². The molecule has 0 aromatic carbocycles.